The molecule has 0 radical (unpaired) electrons. The number of nitrogens with zero attached hydrogens (tertiary/aromatic N) is 7. The molecule has 0 aromatic carbocycles. The van der Waals surface area contributed by atoms with Crippen molar-refractivity contribution in [3.05, 3.63) is 26.1 Å². The van der Waals surface area contributed by atoms with Crippen molar-refractivity contribution in [2.24, 2.45) is 35.5 Å². The number of likely N-dealkylation sites (N-methyl/N-ethyl adjacent to an activating group) is 7. The van der Waals surface area contributed by atoms with Crippen molar-refractivity contribution < 1.29 is 83.6 Å². The summed E-state index contributed by atoms with van der Waals surface area (Å²) in [4.78, 5) is 169. The molecule has 1 aliphatic heterocycles. The molecule has 5 N–H and O–H groups in total. The number of ether oxygens (including phenoxy) is 1. The SMILES string of the molecule is C/C=C/C[C@@H](C)[C@@H](O)[C@H]1C(=O)N[C@@H](CC)C(=O)N(C)[CH-]C(=O)N(C)[C@@H](CC(C)(C)OC)C(=O)N[C@@H](C(C)C)C(=O)N(C)[C@@H](CC(C)C)C(=O)N[C@@H](C)C(=O)N[C@H](C)C(=O)N(C)[C@@H](CC(C)C)C(=O)N(C)[C@@H](CC(C)C)C(=O)N(C)[C@@H](C(C)C)C(=O)N1C.[CH3-].[W+2]. The van der Waals surface area contributed by atoms with Crippen LogP contribution in [-0.4, -0.2) is 233 Å². The molecule has 0 unspecified atom stereocenters. The van der Waals surface area contributed by atoms with E-state index in [1.807, 2.05) is 41.5 Å². The van der Waals surface area contributed by atoms with E-state index in [1.165, 1.54) is 89.9 Å². The Morgan fingerprint density at radius 1 is 0.539 bits per heavy atom. The van der Waals surface area contributed by atoms with Gasteiger partial charge in [0.1, 0.15) is 66.3 Å². The second kappa shape index (κ2) is 38.3. The van der Waals surface area contributed by atoms with E-state index in [0.717, 1.165) is 21.2 Å². The van der Waals surface area contributed by atoms with E-state index in [0.29, 0.717) is 6.42 Å². The fourth-order valence-corrected chi connectivity index (χ4v) is 10.6. The molecule has 0 saturated carbocycles. The molecule has 1 fully saturated rings. The van der Waals surface area contributed by atoms with Gasteiger partial charge in [0.2, 0.25) is 59.1 Å². The first-order valence-corrected chi connectivity index (χ1v) is 30.8. The zero-order valence-corrected chi connectivity index (χ0v) is 61.6. The number of hydrogen-bond donors (Lipinski definition) is 5. The fourth-order valence-electron chi connectivity index (χ4n) is 10.6. The Morgan fingerprint density at radius 2 is 0.978 bits per heavy atom. The number of allylic oxidation sites excluding steroid dienone is 2. The van der Waals surface area contributed by atoms with Crippen molar-refractivity contribution in [3.63, 3.8) is 0 Å². The number of nitrogens with one attached hydrogen (secondary N) is 4. The van der Waals surface area contributed by atoms with E-state index in [1.54, 1.807) is 74.5 Å². The van der Waals surface area contributed by atoms with E-state index in [-0.39, 0.29) is 78.3 Å². The van der Waals surface area contributed by atoms with Gasteiger partial charge in [-0.15, -0.1) is 0 Å². The maximum atomic E-state index is 15.2. The largest absolute Gasteiger partial charge is 2.00 e. The van der Waals surface area contributed by atoms with Gasteiger partial charge >= 0.3 is 21.1 Å². The number of rotatable bonds is 16. The Kier molecular flexibility index (Phi) is 36.8. The maximum Gasteiger partial charge on any atom is 2.00 e. The Labute approximate surface area is 548 Å². The van der Waals surface area contributed by atoms with Crippen LogP contribution < -0.4 is 21.3 Å². The van der Waals surface area contributed by atoms with E-state index in [4.69, 9.17) is 4.74 Å². The van der Waals surface area contributed by atoms with Crippen molar-refractivity contribution >= 4 is 65.0 Å². The smallest absolute Gasteiger partial charge is 0.469 e. The number of carbonyl (C=O) groups excluding carboxylic acids is 11. The van der Waals surface area contributed by atoms with Crippen LogP contribution in [0.4, 0.5) is 0 Å². The van der Waals surface area contributed by atoms with E-state index < -0.39 is 155 Å². The minimum atomic E-state index is -1.64. The number of amides is 11. The summed E-state index contributed by atoms with van der Waals surface area (Å²) in [5.41, 5.74) is -1.02. The van der Waals surface area contributed by atoms with Crippen LogP contribution in [-0.2, 0) is 78.5 Å². The molecule has 25 heteroatoms. The Balaban J connectivity index is 0. The second-order valence-corrected chi connectivity index (χ2v) is 26.5. The monoisotopic (exact) mass is 1430 g/mol. The molecule has 0 spiro atoms. The molecule has 1 aliphatic rings. The van der Waals surface area contributed by atoms with E-state index in [9.17, 15) is 48.3 Å². The molecule has 1 saturated heterocycles. The molecule has 510 valence electrons. The first-order valence-electron chi connectivity index (χ1n) is 30.8. The predicted octanol–water partition coefficient (Wildman–Crippen LogP) is 3.65. The molecule has 1 heterocycles. The summed E-state index contributed by atoms with van der Waals surface area (Å²) in [5, 5.41) is 23.0. The molecule has 1 rings (SSSR count). The summed E-state index contributed by atoms with van der Waals surface area (Å²) in [5.74, 6) is -10.2. The standard InChI is InChI=1S/C63H112N11O13.CH3.W/c1-26-28-29-40(13)52(76)51-56(80)66-43(27-2)58(82)68(18)34-48(75)69(19)47(33-63(16,17)87-25)55(79)67-49(38(9)10)61(85)70(20)44(30-35(3)4)54(78)64-41(14)53(77)65-42(15)57(81)71(21)45(31-36(5)6)59(83)72(22)46(32-37(7)8)60(84)73(23)50(39(11)12)62(86)74(51)24;;/h26,28,34-47,49-52,76H,27,29-33H2,1-25H3,(H,64,78)(H,65,77)(H,66,80)(H,67,79);1H3;/q2*-1;+2/b28-26+;;/t40-,41+,42-,43+,44+,45+,46+,47+,49+,50+,51+,52-;;/m1../s1. The maximum absolute atomic E-state index is 15.2. The normalized spacial score (nSPS) is 26.0. The van der Waals surface area contributed by atoms with Gasteiger partial charge in [-0.3, -0.25) is 47.9 Å². The molecule has 89 heavy (non-hydrogen) atoms. The van der Waals surface area contributed by atoms with Gasteiger partial charge in [0.15, 0.2) is 0 Å². The Hall–Kier alpha value is -5.61. The van der Waals surface area contributed by atoms with Gasteiger partial charge in [-0.2, -0.15) is 0 Å². The molecular weight excluding hydrogens is 1310 g/mol. The van der Waals surface area contributed by atoms with Crippen LogP contribution in [0.1, 0.15) is 156 Å². The third kappa shape index (κ3) is 24.2. The quantitative estimate of drug-likeness (QED) is 0.109. The van der Waals surface area contributed by atoms with Crippen molar-refractivity contribution in [1.82, 2.24) is 55.6 Å². The van der Waals surface area contributed by atoms with Crippen molar-refractivity contribution in [3.8, 4) is 0 Å². The third-order valence-corrected chi connectivity index (χ3v) is 16.5. The van der Waals surface area contributed by atoms with Crippen molar-refractivity contribution in [2.75, 3.05) is 56.4 Å². The summed E-state index contributed by atoms with van der Waals surface area (Å²) >= 11 is 0. The number of aliphatic hydroxyl groups excluding tert-OH is 1. The summed E-state index contributed by atoms with van der Waals surface area (Å²) in [6, 6.07) is -12.8. The van der Waals surface area contributed by atoms with Crippen LogP contribution in [0.3, 0.4) is 0 Å². The summed E-state index contributed by atoms with van der Waals surface area (Å²) in [6.07, 6.45) is 2.66. The van der Waals surface area contributed by atoms with Crippen LogP contribution in [0.5, 0.6) is 0 Å². The topological polar surface area (TPSA) is 288 Å². The van der Waals surface area contributed by atoms with Crippen LogP contribution in [0.25, 0.3) is 0 Å². The summed E-state index contributed by atoms with van der Waals surface area (Å²) < 4.78 is 5.70. The minimum Gasteiger partial charge on any atom is -0.469 e. The molecule has 12 atom stereocenters. The number of hydrogen-bond acceptors (Lipinski definition) is 13. The molecule has 0 aromatic rings. The number of aliphatic hydroxyl groups is 1. The van der Waals surface area contributed by atoms with Crippen molar-refractivity contribution in [2.45, 2.75) is 228 Å². The van der Waals surface area contributed by atoms with Gasteiger partial charge in [0.25, 0.3) is 0 Å². The van der Waals surface area contributed by atoms with E-state index >= 15 is 9.59 Å². The zero-order chi connectivity index (χ0) is 67.6. The van der Waals surface area contributed by atoms with Gasteiger partial charge in [-0.1, -0.05) is 95.2 Å². The number of carbonyl (C=O) groups is 11. The zero-order valence-electron chi connectivity index (χ0n) is 58.7. The van der Waals surface area contributed by atoms with Gasteiger partial charge < -0.3 is 77.6 Å². The molecular formula is C64H115N11O13W. The molecule has 0 aliphatic carbocycles. The van der Waals surface area contributed by atoms with Crippen LogP contribution in [0, 0.1) is 49.5 Å². The average molecular weight is 1430 g/mol. The minimum absolute atomic E-state index is 0. The van der Waals surface area contributed by atoms with Crippen LogP contribution in [0.15, 0.2) is 12.2 Å². The Bertz CT molecular complexity index is 2400. The second-order valence-electron chi connectivity index (χ2n) is 26.5. The summed E-state index contributed by atoms with van der Waals surface area (Å²) in [6.45, 7) is 30.3. The number of methoxy groups -OCH3 is 1. The molecule has 11 amide bonds. The van der Waals surface area contributed by atoms with Gasteiger partial charge in [0.05, 0.1) is 11.7 Å². The van der Waals surface area contributed by atoms with Gasteiger partial charge in [-0.25, -0.2) is 6.54 Å². The molecule has 0 aromatic heterocycles. The first kappa shape index (κ1) is 85.5. The fraction of sp³-hybridized carbons (Fsp3) is 0.766. The van der Waals surface area contributed by atoms with Crippen LogP contribution >= 0.6 is 0 Å². The van der Waals surface area contributed by atoms with Gasteiger partial charge in [0, 0.05) is 55.8 Å². The van der Waals surface area contributed by atoms with Crippen LogP contribution in [0.2, 0.25) is 0 Å². The Morgan fingerprint density at radius 3 is 1.43 bits per heavy atom. The predicted molar refractivity (Wildman–Crippen MR) is 341 cm³/mol. The third-order valence-electron chi connectivity index (χ3n) is 16.5. The van der Waals surface area contributed by atoms with Crippen molar-refractivity contribution in [1.29, 1.82) is 0 Å². The van der Waals surface area contributed by atoms with E-state index in [2.05, 4.69) is 21.3 Å². The summed E-state index contributed by atoms with van der Waals surface area (Å²) in [7, 11) is 11.2. The molecule has 24 nitrogen and oxygen atoms in total. The average Bonchev–Trinajstić information content (AvgIpc) is 3.56. The van der Waals surface area contributed by atoms with Gasteiger partial charge in [-0.05, 0) is 109 Å². The first-order chi connectivity index (χ1) is 40.1. The molecule has 0 bridgehead atoms.